The van der Waals surface area contributed by atoms with Gasteiger partial charge < -0.3 is 10.1 Å². The highest BCUT2D eigenvalue weighted by atomic mass is 35.5. The van der Waals surface area contributed by atoms with E-state index in [9.17, 15) is 4.79 Å². The van der Waals surface area contributed by atoms with Crippen LogP contribution in [0.5, 0.6) is 5.75 Å². The highest BCUT2D eigenvalue weighted by Gasteiger charge is 2.23. The van der Waals surface area contributed by atoms with Crippen molar-refractivity contribution in [2.24, 2.45) is 0 Å². The summed E-state index contributed by atoms with van der Waals surface area (Å²) in [5, 5.41) is 10.3. The van der Waals surface area contributed by atoms with E-state index in [1.807, 2.05) is 0 Å². The number of hydrogen-bond donors (Lipinski definition) is 2. The number of aryl methyl sites for hydroxylation is 1. The second kappa shape index (κ2) is 5.17. The van der Waals surface area contributed by atoms with E-state index in [0.717, 1.165) is 30.5 Å². The standard InChI is InChI=1S/C14H14ClN3O2/c1-20-12-6-5-8(7-10(12)15)16-14(19)13-9-3-2-4-11(9)17-18-13/h5-7H,2-4H2,1H3,(H,16,19)(H,17,18). The van der Waals surface area contributed by atoms with Crippen LogP contribution in [-0.4, -0.2) is 23.2 Å². The van der Waals surface area contributed by atoms with E-state index >= 15 is 0 Å². The molecule has 6 heteroatoms. The molecule has 1 aromatic heterocycles. The van der Waals surface area contributed by atoms with E-state index in [1.165, 1.54) is 0 Å². The molecule has 104 valence electrons. The number of aromatic amines is 1. The molecule has 1 aliphatic rings. The third kappa shape index (κ3) is 2.25. The van der Waals surface area contributed by atoms with Crippen molar-refractivity contribution in [2.75, 3.05) is 12.4 Å². The third-order valence-electron chi connectivity index (χ3n) is 3.43. The average Bonchev–Trinajstić information content (AvgIpc) is 3.00. The van der Waals surface area contributed by atoms with Gasteiger partial charge in [0.15, 0.2) is 5.69 Å². The van der Waals surface area contributed by atoms with Crippen molar-refractivity contribution in [3.05, 3.63) is 40.2 Å². The van der Waals surface area contributed by atoms with Crippen molar-refractivity contribution in [1.29, 1.82) is 0 Å². The van der Waals surface area contributed by atoms with Gasteiger partial charge in [-0.1, -0.05) is 11.6 Å². The second-order valence-corrected chi connectivity index (χ2v) is 5.09. The topological polar surface area (TPSA) is 67.0 Å². The largest absolute Gasteiger partial charge is 0.495 e. The minimum Gasteiger partial charge on any atom is -0.495 e. The molecule has 1 heterocycles. The van der Waals surface area contributed by atoms with Crippen LogP contribution in [0, 0.1) is 0 Å². The first kappa shape index (κ1) is 13.0. The average molecular weight is 292 g/mol. The van der Waals surface area contributed by atoms with Crippen LogP contribution in [0.3, 0.4) is 0 Å². The third-order valence-corrected chi connectivity index (χ3v) is 3.73. The maximum absolute atomic E-state index is 12.2. The minimum atomic E-state index is -0.217. The van der Waals surface area contributed by atoms with E-state index < -0.39 is 0 Å². The maximum Gasteiger partial charge on any atom is 0.276 e. The Labute approximate surface area is 121 Å². The number of hydrogen-bond acceptors (Lipinski definition) is 3. The van der Waals surface area contributed by atoms with Gasteiger partial charge in [0, 0.05) is 16.9 Å². The highest BCUT2D eigenvalue weighted by Crippen LogP contribution is 2.28. The van der Waals surface area contributed by atoms with E-state index in [-0.39, 0.29) is 5.91 Å². The fourth-order valence-electron chi connectivity index (χ4n) is 2.44. The monoisotopic (exact) mass is 291 g/mol. The molecule has 5 nitrogen and oxygen atoms in total. The normalized spacial score (nSPS) is 13.1. The van der Waals surface area contributed by atoms with Gasteiger partial charge >= 0.3 is 0 Å². The van der Waals surface area contributed by atoms with Gasteiger partial charge in [0.2, 0.25) is 0 Å². The summed E-state index contributed by atoms with van der Waals surface area (Å²) in [6, 6.07) is 5.12. The molecule has 0 saturated carbocycles. The number of benzene rings is 1. The summed E-state index contributed by atoms with van der Waals surface area (Å²) >= 11 is 6.03. The predicted octanol–water partition coefficient (Wildman–Crippen LogP) is 2.81. The minimum absolute atomic E-state index is 0.217. The fourth-order valence-corrected chi connectivity index (χ4v) is 2.70. The zero-order valence-electron chi connectivity index (χ0n) is 11.0. The smallest absolute Gasteiger partial charge is 0.276 e. The molecule has 1 aliphatic carbocycles. The van der Waals surface area contributed by atoms with Crippen molar-refractivity contribution in [1.82, 2.24) is 10.2 Å². The number of fused-ring (bicyclic) bond motifs is 1. The predicted molar refractivity (Wildman–Crippen MR) is 76.6 cm³/mol. The number of aromatic nitrogens is 2. The Morgan fingerprint density at radius 1 is 1.45 bits per heavy atom. The van der Waals surface area contributed by atoms with E-state index in [0.29, 0.717) is 22.2 Å². The first-order valence-electron chi connectivity index (χ1n) is 6.40. The van der Waals surface area contributed by atoms with Crippen LogP contribution in [0.4, 0.5) is 5.69 Å². The molecule has 0 atom stereocenters. The summed E-state index contributed by atoms with van der Waals surface area (Å²) in [4.78, 5) is 12.2. The number of nitrogens with zero attached hydrogens (tertiary/aromatic N) is 1. The number of halogens is 1. The zero-order valence-corrected chi connectivity index (χ0v) is 11.8. The van der Waals surface area contributed by atoms with Crippen molar-refractivity contribution in [3.63, 3.8) is 0 Å². The Balaban J connectivity index is 1.80. The summed E-state index contributed by atoms with van der Waals surface area (Å²) in [7, 11) is 1.55. The second-order valence-electron chi connectivity index (χ2n) is 4.69. The van der Waals surface area contributed by atoms with Crippen LogP contribution in [0.1, 0.15) is 28.2 Å². The van der Waals surface area contributed by atoms with Gasteiger partial charge in [-0.15, -0.1) is 0 Å². The lowest BCUT2D eigenvalue weighted by atomic mass is 10.2. The lowest BCUT2D eigenvalue weighted by Crippen LogP contribution is -2.14. The number of carbonyl (C=O) groups is 1. The summed E-state index contributed by atoms with van der Waals surface area (Å²) < 4.78 is 5.08. The Kier molecular flexibility index (Phi) is 3.36. The van der Waals surface area contributed by atoms with Crippen LogP contribution < -0.4 is 10.1 Å². The Bertz CT molecular complexity index is 666. The van der Waals surface area contributed by atoms with Gasteiger partial charge in [-0.05, 0) is 37.5 Å². The van der Waals surface area contributed by atoms with E-state index in [4.69, 9.17) is 16.3 Å². The summed E-state index contributed by atoms with van der Waals surface area (Å²) in [5.74, 6) is 0.357. The van der Waals surface area contributed by atoms with Crippen molar-refractivity contribution in [3.8, 4) is 5.75 Å². The lowest BCUT2D eigenvalue weighted by molar-refractivity contribution is 0.102. The fraction of sp³-hybridized carbons (Fsp3) is 0.286. The van der Waals surface area contributed by atoms with Crippen molar-refractivity contribution < 1.29 is 9.53 Å². The summed E-state index contributed by atoms with van der Waals surface area (Å²) in [5.41, 5.74) is 3.20. The Morgan fingerprint density at radius 2 is 2.30 bits per heavy atom. The lowest BCUT2D eigenvalue weighted by Gasteiger charge is -2.07. The van der Waals surface area contributed by atoms with Crippen LogP contribution in [-0.2, 0) is 12.8 Å². The Morgan fingerprint density at radius 3 is 3.05 bits per heavy atom. The van der Waals surface area contributed by atoms with E-state index in [2.05, 4.69) is 15.5 Å². The molecule has 20 heavy (non-hydrogen) atoms. The van der Waals surface area contributed by atoms with Crippen molar-refractivity contribution in [2.45, 2.75) is 19.3 Å². The number of ether oxygens (including phenoxy) is 1. The number of carbonyl (C=O) groups excluding carboxylic acids is 1. The summed E-state index contributed by atoms with van der Waals surface area (Å²) in [6.45, 7) is 0. The molecule has 3 rings (SSSR count). The molecule has 0 bridgehead atoms. The number of methoxy groups -OCH3 is 1. The van der Waals surface area contributed by atoms with Gasteiger partial charge in [0.25, 0.3) is 5.91 Å². The van der Waals surface area contributed by atoms with Crippen LogP contribution in [0.15, 0.2) is 18.2 Å². The van der Waals surface area contributed by atoms with Crippen molar-refractivity contribution >= 4 is 23.2 Å². The molecule has 0 radical (unpaired) electrons. The molecule has 0 aliphatic heterocycles. The first-order valence-corrected chi connectivity index (χ1v) is 6.78. The molecule has 2 N–H and O–H groups in total. The SMILES string of the molecule is COc1ccc(NC(=O)c2n[nH]c3c2CCC3)cc1Cl. The van der Waals surface area contributed by atoms with Gasteiger partial charge in [-0.25, -0.2) is 0 Å². The molecule has 0 saturated heterocycles. The molecule has 2 aromatic rings. The quantitative estimate of drug-likeness (QED) is 0.914. The highest BCUT2D eigenvalue weighted by molar-refractivity contribution is 6.32. The number of H-pyrrole nitrogens is 1. The van der Waals surface area contributed by atoms with Gasteiger partial charge in [0.1, 0.15) is 5.75 Å². The molecule has 0 fully saturated rings. The number of nitrogens with one attached hydrogen (secondary N) is 2. The zero-order chi connectivity index (χ0) is 14.1. The number of amides is 1. The van der Waals surface area contributed by atoms with E-state index in [1.54, 1.807) is 25.3 Å². The number of anilines is 1. The molecular weight excluding hydrogens is 278 g/mol. The first-order chi connectivity index (χ1) is 9.69. The molecule has 1 amide bonds. The van der Waals surface area contributed by atoms with Crippen LogP contribution >= 0.6 is 11.6 Å². The molecular formula is C14H14ClN3O2. The summed E-state index contributed by atoms with van der Waals surface area (Å²) in [6.07, 6.45) is 2.93. The van der Waals surface area contributed by atoms with Crippen LogP contribution in [0.2, 0.25) is 5.02 Å². The number of rotatable bonds is 3. The maximum atomic E-state index is 12.2. The van der Waals surface area contributed by atoms with Crippen LogP contribution in [0.25, 0.3) is 0 Å². The molecule has 0 unspecified atom stereocenters. The van der Waals surface area contributed by atoms with Gasteiger partial charge in [-0.2, -0.15) is 5.10 Å². The molecule has 0 spiro atoms. The Hall–Kier alpha value is -2.01. The molecule has 1 aromatic carbocycles. The van der Waals surface area contributed by atoms with Gasteiger partial charge in [-0.3, -0.25) is 9.89 Å². The van der Waals surface area contributed by atoms with Gasteiger partial charge in [0.05, 0.1) is 12.1 Å².